The molecule has 2 aromatic rings. The second-order valence-electron chi connectivity index (χ2n) is 3.33. The Balaban J connectivity index is 2.63. The minimum absolute atomic E-state index is 0.632. The van der Waals surface area contributed by atoms with Gasteiger partial charge in [0.15, 0.2) is 12.1 Å². The maximum Gasteiger partial charge on any atom is 0.164 e. The Hall–Kier alpha value is -1.97. The molecule has 2 rings (SSSR count). The molecule has 0 bridgehead atoms. The normalized spacial score (nSPS) is 10.3. The Morgan fingerprint density at radius 1 is 1.27 bits per heavy atom. The van der Waals surface area contributed by atoms with Crippen molar-refractivity contribution >= 4 is 6.29 Å². The van der Waals surface area contributed by atoms with Crippen LogP contribution < -0.4 is 0 Å². The van der Waals surface area contributed by atoms with Gasteiger partial charge in [0.05, 0.1) is 0 Å². The van der Waals surface area contributed by atoms with E-state index in [0.717, 1.165) is 23.5 Å². The molecule has 4 nitrogen and oxygen atoms in total. The SMILES string of the molecule is Cc1nnc(-c2ccccc2C=O)n1C. The molecule has 0 saturated heterocycles. The van der Waals surface area contributed by atoms with Gasteiger partial charge in [0.25, 0.3) is 0 Å². The van der Waals surface area contributed by atoms with E-state index in [-0.39, 0.29) is 0 Å². The summed E-state index contributed by atoms with van der Waals surface area (Å²) in [7, 11) is 1.88. The summed E-state index contributed by atoms with van der Waals surface area (Å²) >= 11 is 0. The number of aromatic nitrogens is 3. The lowest BCUT2D eigenvalue weighted by Gasteiger charge is -2.03. The van der Waals surface area contributed by atoms with Gasteiger partial charge in [0, 0.05) is 18.2 Å². The minimum atomic E-state index is 0.632. The molecule has 1 heterocycles. The summed E-state index contributed by atoms with van der Waals surface area (Å²) in [5.74, 6) is 1.54. The minimum Gasteiger partial charge on any atom is -0.314 e. The molecule has 0 amide bonds. The molecule has 76 valence electrons. The third-order valence-electron chi connectivity index (χ3n) is 2.42. The van der Waals surface area contributed by atoms with Crippen molar-refractivity contribution in [1.82, 2.24) is 14.8 Å². The summed E-state index contributed by atoms with van der Waals surface area (Å²) in [6, 6.07) is 7.35. The first-order chi connectivity index (χ1) is 7.24. The van der Waals surface area contributed by atoms with Gasteiger partial charge in [0.2, 0.25) is 0 Å². The lowest BCUT2D eigenvalue weighted by molar-refractivity contribution is 0.112. The highest BCUT2D eigenvalue weighted by Crippen LogP contribution is 2.20. The molecule has 0 fully saturated rings. The Kier molecular flexibility index (Phi) is 2.33. The first-order valence-electron chi connectivity index (χ1n) is 4.64. The highest BCUT2D eigenvalue weighted by atomic mass is 16.1. The molecule has 1 aromatic carbocycles. The second-order valence-corrected chi connectivity index (χ2v) is 3.33. The van der Waals surface area contributed by atoms with Gasteiger partial charge in [-0.1, -0.05) is 24.3 Å². The Morgan fingerprint density at radius 2 is 2.00 bits per heavy atom. The number of benzene rings is 1. The van der Waals surface area contributed by atoms with E-state index in [4.69, 9.17) is 0 Å². The Bertz CT molecular complexity index is 502. The first-order valence-corrected chi connectivity index (χ1v) is 4.64. The first kappa shape index (κ1) is 9.58. The Morgan fingerprint density at radius 3 is 2.60 bits per heavy atom. The van der Waals surface area contributed by atoms with Gasteiger partial charge in [-0.25, -0.2) is 0 Å². The fourth-order valence-corrected chi connectivity index (χ4v) is 1.45. The summed E-state index contributed by atoms with van der Waals surface area (Å²) in [5, 5.41) is 8.01. The van der Waals surface area contributed by atoms with E-state index in [1.807, 2.05) is 36.7 Å². The highest BCUT2D eigenvalue weighted by Gasteiger charge is 2.10. The van der Waals surface area contributed by atoms with Crippen molar-refractivity contribution in [1.29, 1.82) is 0 Å². The van der Waals surface area contributed by atoms with Crippen LogP contribution in [0.1, 0.15) is 16.2 Å². The van der Waals surface area contributed by atoms with Gasteiger partial charge >= 0.3 is 0 Å². The number of carbonyl (C=O) groups is 1. The van der Waals surface area contributed by atoms with E-state index in [9.17, 15) is 4.79 Å². The number of hydrogen-bond donors (Lipinski definition) is 0. The van der Waals surface area contributed by atoms with Gasteiger partial charge in [-0.3, -0.25) is 4.79 Å². The molecule has 15 heavy (non-hydrogen) atoms. The average Bonchev–Trinajstić information content (AvgIpc) is 2.60. The Labute approximate surface area is 87.6 Å². The zero-order chi connectivity index (χ0) is 10.8. The molecule has 1 aromatic heterocycles. The molecular formula is C11H11N3O. The van der Waals surface area contributed by atoms with Crippen LogP contribution in [0.3, 0.4) is 0 Å². The number of rotatable bonds is 2. The fourth-order valence-electron chi connectivity index (χ4n) is 1.45. The van der Waals surface area contributed by atoms with Crippen molar-refractivity contribution in [3.63, 3.8) is 0 Å². The fraction of sp³-hybridized carbons (Fsp3) is 0.182. The maximum atomic E-state index is 10.9. The predicted molar refractivity (Wildman–Crippen MR) is 56.6 cm³/mol. The van der Waals surface area contributed by atoms with Crippen molar-refractivity contribution in [3.8, 4) is 11.4 Å². The molecule has 4 heteroatoms. The average molecular weight is 201 g/mol. The molecule has 0 spiro atoms. The molecule has 0 saturated carbocycles. The molecular weight excluding hydrogens is 190 g/mol. The maximum absolute atomic E-state index is 10.9. The zero-order valence-electron chi connectivity index (χ0n) is 8.64. The van der Waals surface area contributed by atoms with Crippen molar-refractivity contribution in [3.05, 3.63) is 35.7 Å². The largest absolute Gasteiger partial charge is 0.314 e. The van der Waals surface area contributed by atoms with Crippen molar-refractivity contribution in [2.24, 2.45) is 7.05 Å². The van der Waals surface area contributed by atoms with Crippen LogP contribution in [0.15, 0.2) is 24.3 Å². The summed E-state index contributed by atoms with van der Waals surface area (Å²) in [4.78, 5) is 10.9. The summed E-state index contributed by atoms with van der Waals surface area (Å²) in [6.07, 6.45) is 0.833. The summed E-state index contributed by atoms with van der Waals surface area (Å²) in [5.41, 5.74) is 1.45. The van der Waals surface area contributed by atoms with Gasteiger partial charge < -0.3 is 4.57 Å². The number of carbonyl (C=O) groups excluding carboxylic acids is 1. The summed E-state index contributed by atoms with van der Waals surface area (Å²) in [6.45, 7) is 1.88. The zero-order valence-corrected chi connectivity index (χ0v) is 8.64. The van der Waals surface area contributed by atoms with Crippen molar-refractivity contribution < 1.29 is 4.79 Å². The van der Waals surface area contributed by atoms with Crippen LogP contribution >= 0.6 is 0 Å². The molecule has 0 unspecified atom stereocenters. The predicted octanol–water partition coefficient (Wildman–Crippen LogP) is 1.60. The number of aryl methyl sites for hydroxylation is 1. The van der Waals surface area contributed by atoms with Crippen molar-refractivity contribution in [2.75, 3.05) is 0 Å². The van der Waals surface area contributed by atoms with Crippen LogP contribution in [0.2, 0.25) is 0 Å². The topological polar surface area (TPSA) is 47.8 Å². The number of hydrogen-bond acceptors (Lipinski definition) is 3. The van der Waals surface area contributed by atoms with E-state index in [2.05, 4.69) is 10.2 Å². The molecule has 0 aliphatic rings. The quantitative estimate of drug-likeness (QED) is 0.693. The van der Waals surface area contributed by atoms with Gasteiger partial charge in [-0.15, -0.1) is 10.2 Å². The monoisotopic (exact) mass is 201 g/mol. The van der Waals surface area contributed by atoms with E-state index in [1.54, 1.807) is 6.07 Å². The third kappa shape index (κ3) is 1.54. The van der Waals surface area contributed by atoms with Crippen molar-refractivity contribution in [2.45, 2.75) is 6.92 Å². The van der Waals surface area contributed by atoms with Crippen LogP contribution in [0.5, 0.6) is 0 Å². The standard InChI is InChI=1S/C11H11N3O/c1-8-12-13-11(14(8)2)10-6-4-3-5-9(10)7-15/h3-7H,1-2H3. The molecule has 0 aliphatic heterocycles. The van der Waals surface area contributed by atoms with Gasteiger partial charge in [-0.2, -0.15) is 0 Å². The van der Waals surface area contributed by atoms with Crippen LogP contribution in [-0.2, 0) is 7.05 Å². The molecule has 0 radical (unpaired) electrons. The van der Waals surface area contributed by atoms with Crippen LogP contribution in [-0.4, -0.2) is 21.1 Å². The van der Waals surface area contributed by atoms with E-state index in [1.165, 1.54) is 0 Å². The second kappa shape index (κ2) is 3.65. The van der Waals surface area contributed by atoms with E-state index < -0.39 is 0 Å². The van der Waals surface area contributed by atoms with Crippen LogP contribution in [0.4, 0.5) is 0 Å². The van der Waals surface area contributed by atoms with E-state index in [0.29, 0.717) is 5.56 Å². The molecule has 0 aliphatic carbocycles. The summed E-state index contributed by atoms with van der Waals surface area (Å²) < 4.78 is 1.86. The highest BCUT2D eigenvalue weighted by molar-refractivity contribution is 5.85. The third-order valence-corrected chi connectivity index (χ3v) is 2.42. The van der Waals surface area contributed by atoms with Crippen LogP contribution in [0.25, 0.3) is 11.4 Å². The van der Waals surface area contributed by atoms with E-state index >= 15 is 0 Å². The van der Waals surface area contributed by atoms with Gasteiger partial charge in [-0.05, 0) is 6.92 Å². The number of nitrogens with zero attached hydrogens (tertiary/aromatic N) is 3. The van der Waals surface area contributed by atoms with Crippen LogP contribution in [0, 0.1) is 6.92 Å². The lowest BCUT2D eigenvalue weighted by Crippen LogP contribution is -1.97. The smallest absolute Gasteiger partial charge is 0.164 e. The number of aldehydes is 1. The van der Waals surface area contributed by atoms with Gasteiger partial charge in [0.1, 0.15) is 5.82 Å². The lowest BCUT2D eigenvalue weighted by atomic mass is 10.1. The molecule has 0 N–H and O–H groups in total. The molecule has 0 atom stereocenters.